The zero-order valence-electron chi connectivity index (χ0n) is 20.3. The van der Waals surface area contributed by atoms with Gasteiger partial charge in [-0.25, -0.2) is 9.97 Å². The number of aryl methyl sites for hydroxylation is 3. The highest BCUT2D eigenvalue weighted by Gasteiger charge is 2.09. The van der Waals surface area contributed by atoms with Crippen LogP contribution < -0.4 is 0 Å². The van der Waals surface area contributed by atoms with Gasteiger partial charge in [-0.05, 0) is 68.0 Å². The number of pyridine rings is 1. The van der Waals surface area contributed by atoms with Gasteiger partial charge in [0.1, 0.15) is 0 Å². The summed E-state index contributed by atoms with van der Waals surface area (Å²) >= 11 is 0. The Morgan fingerprint density at radius 3 is 2.20 bits per heavy atom. The molecule has 3 aromatic carbocycles. The van der Waals surface area contributed by atoms with E-state index in [-0.39, 0.29) is 0 Å². The molecule has 5 aromatic rings. The van der Waals surface area contributed by atoms with Gasteiger partial charge in [-0.1, -0.05) is 79.6 Å². The van der Waals surface area contributed by atoms with Gasteiger partial charge in [0, 0.05) is 28.4 Å². The Morgan fingerprint density at radius 1 is 0.600 bits per heavy atom. The first kappa shape index (κ1) is 22.9. The molecule has 0 atom stereocenters. The van der Waals surface area contributed by atoms with Crippen LogP contribution in [0.1, 0.15) is 42.5 Å². The standard InChI is InChI=1S/C32H31N3/c1-24-29-18-9-10-19-30(29)35-32(34-24)28-20-21-33-31(23-28)27-17-11-16-26(22-27)15-6-3-2-5-12-25-13-7-4-8-14-25/h4,7-11,13-14,16-23H,2-3,5-6,12,15H2,1H3. The summed E-state index contributed by atoms with van der Waals surface area (Å²) in [5.41, 5.74) is 7.88. The number of hydrogen-bond donors (Lipinski definition) is 0. The van der Waals surface area contributed by atoms with Crippen LogP contribution in [0.3, 0.4) is 0 Å². The average molecular weight is 458 g/mol. The van der Waals surface area contributed by atoms with Gasteiger partial charge in [-0.2, -0.15) is 0 Å². The third-order valence-corrected chi connectivity index (χ3v) is 6.56. The van der Waals surface area contributed by atoms with Crippen molar-refractivity contribution in [3.63, 3.8) is 0 Å². The Hall–Kier alpha value is -3.85. The molecule has 2 heterocycles. The van der Waals surface area contributed by atoms with Crippen LogP contribution in [0, 0.1) is 6.92 Å². The van der Waals surface area contributed by atoms with E-state index in [1.165, 1.54) is 43.2 Å². The maximum Gasteiger partial charge on any atom is 0.160 e. The van der Waals surface area contributed by atoms with Crippen molar-refractivity contribution in [3.8, 4) is 22.6 Å². The molecular formula is C32H31N3. The van der Waals surface area contributed by atoms with E-state index in [0.29, 0.717) is 0 Å². The monoisotopic (exact) mass is 457 g/mol. The third kappa shape index (κ3) is 5.81. The Bertz CT molecular complexity index is 1410. The lowest BCUT2D eigenvalue weighted by atomic mass is 10.0. The lowest BCUT2D eigenvalue weighted by Gasteiger charge is -2.09. The molecule has 3 nitrogen and oxygen atoms in total. The number of para-hydroxylation sites is 1. The minimum absolute atomic E-state index is 0.747. The van der Waals surface area contributed by atoms with Crippen molar-refractivity contribution in [2.75, 3.05) is 0 Å². The van der Waals surface area contributed by atoms with Gasteiger partial charge in [-0.15, -0.1) is 0 Å². The highest BCUT2D eigenvalue weighted by molar-refractivity contribution is 5.82. The van der Waals surface area contributed by atoms with Crippen molar-refractivity contribution in [1.82, 2.24) is 15.0 Å². The number of unbranched alkanes of at least 4 members (excludes halogenated alkanes) is 3. The summed E-state index contributed by atoms with van der Waals surface area (Å²) in [6.45, 7) is 2.04. The van der Waals surface area contributed by atoms with Gasteiger partial charge in [0.05, 0.1) is 11.2 Å². The van der Waals surface area contributed by atoms with Crippen LogP contribution in [-0.2, 0) is 12.8 Å². The SMILES string of the molecule is Cc1nc(-c2ccnc(-c3cccc(CCCCCCc4ccccc4)c3)c2)nc2ccccc12. The molecule has 0 saturated heterocycles. The van der Waals surface area contributed by atoms with Crippen LogP contribution >= 0.6 is 0 Å². The van der Waals surface area contributed by atoms with Gasteiger partial charge in [0.15, 0.2) is 5.82 Å². The molecule has 0 amide bonds. The average Bonchev–Trinajstić information content (AvgIpc) is 2.91. The fourth-order valence-corrected chi connectivity index (χ4v) is 4.63. The lowest BCUT2D eigenvalue weighted by Crippen LogP contribution is -1.95. The smallest absolute Gasteiger partial charge is 0.160 e. The van der Waals surface area contributed by atoms with Crippen molar-refractivity contribution in [2.24, 2.45) is 0 Å². The van der Waals surface area contributed by atoms with Gasteiger partial charge >= 0.3 is 0 Å². The number of nitrogens with zero attached hydrogens (tertiary/aromatic N) is 3. The van der Waals surface area contributed by atoms with E-state index >= 15 is 0 Å². The zero-order valence-corrected chi connectivity index (χ0v) is 20.3. The Balaban J connectivity index is 1.23. The predicted octanol–water partition coefficient (Wildman–Crippen LogP) is 8.01. The number of benzene rings is 3. The maximum atomic E-state index is 4.80. The van der Waals surface area contributed by atoms with Gasteiger partial charge in [0.25, 0.3) is 0 Å². The number of hydrogen-bond acceptors (Lipinski definition) is 3. The first-order valence-electron chi connectivity index (χ1n) is 12.6. The van der Waals surface area contributed by atoms with Crippen molar-refractivity contribution in [1.29, 1.82) is 0 Å². The molecule has 0 aliphatic rings. The molecule has 35 heavy (non-hydrogen) atoms. The maximum absolute atomic E-state index is 4.80. The molecule has 0 saturated carbocycles. The van der Waals surface area contributed by atoms with Crippen LogP contribution in [0.15, 0.2) is 97.2 Å². The second kappa shape index (κ2) is 11.1. The fourth-order valence-electron chi connectivity index (χ4n) is 4.63. The van der Waals surface area contributed by atoms with E-state index in [0.717, 1.165) is 45.7 Å². The largest absolute Gasteiger partial charge is 0.256 e. The van der Waals surface area contributed by atoms with Gasteiger partial charge < -0.3 is 0 Å². The summed E-state index contributed by atoms with van der Waals surface area (Å²) in [6, 6.07) is 31.8. The van der Waals surface area contributed by atoms with E-state index in [2.05, 4.69) is 71.7 Å². The van der Waals surface area contributed by atoms with E-state index in [4.69, 9.17) is 9.97 Å². The van der Waals surface area contributed by atoms with E-state index in [1.807, 2.05) is 37.4 Å². The molecule has 0 unspecified atom stereocenters. The van der Waals surface area contributed by atoms with Crippen molar-refractivity contribution < 1.29 is 0 Å². The normalized spacial score (nSPS) is 11.1. The van der Waals surface area contributed by atoms with Crippen LogP contribution in [0.5, 0.6) is 0 Å². The number of fused-ring (bicyclic) bond motifs is 1. The summed E-state index contributed by atoms with van der Waals surface area (Å²) in [6.07, 6.45) is 9.17. The summed E-state index contributed by atoms with van der Waals surface area (Å²) in [4.78, 5) is 14.2. The van der Waals surface area contributed by atoms with Crippen LogP contribution in [0.2, 0.25) is 0 Å². The molecule has 0 N–H and O–H groups in total. The fraction of sp³-hybridized carbons (Fsp3) is 0.219. The molecule has 2 aromatic heterocycles. The topological polar surface area (TPSA) is 38.7 Å². The summed E-state index contributed by atoms with van der Waals surface area (Å²) in [5.74, 6) is 0.747. The molecule has 0 aliphatic heterocycles. The summed E-state index contributed by atoms with van der Waals surface area (Å²) in [5, 5.41) is 1.10. The molecule has 0 aliphatic carbocycles. The van der Waals surface area contributed by atoms with Crippen molar-refractivity contribution in [2.45, 2.75) is 45.4 Å². The first-order valence-corrected chi connectivity index (χ1v) is 12.6. The molecule has 0 spiro atoms. The Kier molecular flexibility index (Phi) is 7.24. The molecule has 3 heteroatoms. The van der Waals surface area contributed by atoms with Crippen molar-refractivity contribution >= 4 is 10.9 Å². The molecule has 0 bridgehead atoms. The van der Waals surface area contributed by atoms with E-state index < -0.39 is 0 Å². The summed E-state index contributed by atoms with van der Waals surface area (Å²) < 4.78 is 0. The Labute approximate surface area is 207 Å². The van der Waals surface area contributed by atoms with Crippen LogP contribution in [0.25, 0.3) is 33.5 Å². The number of rotatable bonds is 9. The van der Waals surface area contributed by atoms with E-state index in [9.17, 15) is 0 Å². The minimum atomic E-state index is 0.747. The second-order valence-corrected chi connectivity index (χ2v) is 9.18. The molecule has 174 valence electrons. The predicted molar refractivity (Wildman–Crippen MR) is 145 cm³/mol. The summed E-state index contributed by atoms with van der Waals surface area (Å²) in [7, 11) is 0. The highest BCUT2D eigenvalue weighted by atomic mass is 14.9. The molecule has 5 rings (SSSR count). The first-order chi connectivity index (χ1) is 17.3. The van der Waals surface area contributed by atoms with Crippen LogP contribution in [-0.4, -0.2) is 15.0 Å². The highest BCUT2D eigenvalue weighted by Crippen LogP contribution is 2.26. The quantitative estimate of drug-likeness (QED) is 0.210. The second-order valence-electron chi connectivity index (χ2n) is 9.18. The lowest BCUT2D eigenvalue weighted by molar-refractivity contribution is 0.640. The molecular weight excluding hydrogens is 426 g/mol. The van der Waals surface area contributed by atoms with E-state index in [1.54, 1.807) is 0 Å². The minimum Gasteiger partial charge on any atom is -0.256 e. The molecule has 0 fully saturated rings. The zero-order chi connectivity index (χ0) is 23.9. The Morgan fingerprint density at radius 2 is 1.34 bits per heavy atom. The van der Waals surface area contributed by atoms with Crippen LogP contribution in [0.4, 0.5) is 0 Å². The van der Waals surface area contributed by atoms with Gasteiger partial charge in [-0.3, -0.25) is 4.98 Å². The molecule has 0 radical (unpaired) electrons. The van der Waals surface area contributed by atoms with Gasteiger partial charge in [0.2, 0.25) is 0 Å². The van der Waals surface area contributed by atoms with Crippen molar-refractivity contribution in [3.05, 3.63) is 114 Å². The third-order valence-electron chi connectivity index (χ3n) is 6.56. The number of aromatic nitrogens is 3.